The van der Waals surface area contributed by atoms with Crippen LogP contribution in [0.15, 0.2) is 42.6 Å². The summed E-state index contributed by atoms with van der Waals surface area (Å²) in [4.78, 5) is 7.67. The van der Waals surface area contributed by atoms with E-state index in [1.165, 1.54) is 16.5 Å². The number of nitrogens with zero attached hydrogens (tertiary/aromatic N) is 1. The number of H-pyrrole nitrogens is 1. The summed E-state index contributed by atoms with van der Waals surface area (Å²) in [5.41, 5.74) is 5.64. The Labute approximate surface area is 112 Å². The third-order valence-corrected chi connectivity index (χ3v) is 3.33. The van der Waals surface area contributed by atoms with Crippen LogP contribution >= 0.6 is 0 Å². The van der Waals surface area contributed by atoms with Gasteiger partial charge >= 0.3 is 0 Å². The van der Waals surface area contributed by atoms with Gasteiger partial charge in [-0.3, -0.25) is 4.98 Å². The van der Waals surface area contributed by atoms with Crippen LogP contribution in [0.1, 0.15) is 17.0 Å². The molecule has 0 bridgehead atoms. The molecule has 2 heterocycles. The Morgan fingerprint density at radius 3 is 2.84 bits per heavy atom. The number of aromatic nitrogens is 2. The van der Waals surface area contributed by atoms with E-state index in [1.54, 1.807) is 0 Å². The van der Waals surface area contributed by atoms with Gasteiger partial charge < -0.3 is 10.3 Å². The number of hydrogen-bond donors (Lipinski definition) is 2. The van der Waals surface area contributed by atoms with Crippen LogP contribution in [0.2, 0.25) is 0 Å². The lowest BCUT2D eigenvalue weighted by atomic mass is 10.1. The van der Waals surface area contributed by atoms with Crippen LogP contribution in [-0.2, 0) is 6.54 Å². The van der Waals surface area contributed by atoms with Crippen molar-refractivity contribution in [2.45, 2.75) is 20.4 Å². The second-order valence-corrected chi connectivity index (χ2v) is 4.84. The third kappa shape index (κ3) is 2.45. The van der Waals surface area contributed by atoms with Crippen molar-refractivity contribution in [2.24, 2.45) is 0 Å². The zero-order valence-electron chi connectivity index (χ0n) is 11.2. The molecule has 0 radical (unpaired) electrons. The van der Waals surface area contributed by atoms with E-state index in [0.717, 1.165) is 23.6 Å². The van der Waals surface area contributed by atoms with Crippen molar-refractivity contribution >= 4 is 16.6 Å². The summed E-state index contributed by atoms with van der Waals surface area (Å²) >= 11 is 0. The van der Waals surface area contributed by atoms with Crippen LogP contribution in [0.4, 0.5) is 5.69 Å². The zero-order valence-corrected chi connectivity index (χ0v) is 11.2. The van der Waals surface area contributed by atoms with Crippen LogP contribution in [0.5, 0.6) is 0 Å². The molecule has 1 aromatic carbocycles. The predicted molar refractivity (Wildman–Crippen MR) is 79.3 cm³/mol. The first-order valence-corrected chi connectivity index (χ1v) is 6.46. The molecule has 0 aliphatic heterocycles. The van der Waals surface area contributed by atoms with Crippen molar-refractivity contribution in [1.29, 1.82) is 0 Å². The quantitative estimate of drug-likeness (QED) is 0.743. The van der Waals surface area contributed by atoms with Crippen molar-refractivity contribution < 1.29 is 0 Å². The first kappa shape index (κ1) is 11.8. The van der Waals surface area contributed by atoms with E-state index in [4.69, 9.17) is 0 Å². The number of pyridine rings is 1. The lowest BCUT2D eigenvalue weighted by Gasteiger charge is -2.09. The third-order valence-electron chi connectivity index (χ3n) is 3.33. The van der Waals surface area contributed by atoms with E-state index in [2.05, 4.69) is 45.6 Å². The maximum Gasteiger partial charge on any atom is 0.0606 e. The zero-order chi connectivity index (χ0) is 13.2. The minimum atomic E-state index is 0.812. The van der Waals surface area contributed by atoms with Crippen molar-refractivity contribution in [1.82, 2.24) is 9.97 Å². The van der Waals surface area contributed by atoms with Crippen LogP contribution in [0.25, 0.3) is 10.9 Å². The molecule has 2 N–H and O–H groups in total. The van der Waals surface area contributed by atoms with Gasteiger partial charge in [0, 0.05) is 24.0 Å². The molecule has 0 saturated carbocycles. The Kier molecular flexibility index (Phi) is 2.95. The summed E-state index contributed by atoms with van der Waals surface area (Å²) < 4.78 is 0. The minimum Gasteiger partial charge on any atom is -0.380 e. The fraction of sp³-hybridized carbons (Fsp3) is 0.188. The molecule has 19 heavy (non-hydrogen) atoms. The highest BCUT2D eigenvalue weighted by molar-refractivity contribution is 5.79. The SMILES string of the molecule is Cc1ccc(NCc2ccc3[nH]ccc3c2)c(C)n1. The standard InChI is InChI=1S/C16H17N3/c1-11-3-5-15(12(2)19-11)18-10-13-4-6-16-14(9-13)7-8-17-16/h3-9,17-18H,10H2,1-2H3. The average Bonchev–Trinajstić information content (AvgIpc) is 2.85. The Bertz CT molecular complexity index is 713. The van der Waals surface area contributed by atoms with Crippen molar-refractivity contribution in [3.8, 4) is 0 Å². The number of rotatable bonds is 3. The first-order valence-electron chi connectivity index (χ1n) is 6.46. The molecule has 0 spiro atoms. The summed E-state index contributed by atoms with van der Waals surface area (Å²) in [6, 6.07) is 12.7. The fourth-order valence-electron chi connectivity index (χ4n) is 2.28. The number of fused-ring (bicyclic) bond motifs is 1. The molecule has 3 heteroatoms. The number of hydrogen-bond acceptors (Lipinski definition) is 2. The normalized spacial score (nSPS) is 10.8. The Morgan fingerprint density at radius 2 is 2.00 bits per heavy atom. The molecule has 3 nitrogen and oxygen atoms in total. The summed E-state index contributed by atoms with van der Waals surface area (Å²) in [6.07, 6.45) is 1.97. The molecule has 0 aliphatic carbocycles. The van der Waals surface area contributed by atoms with Crippen LogP contribution in [-0.4, -0.2) is 9.97 Å². The molecule has 0 amide bonds. The van der Waals surface area contributed by atoms with Gasteiger partial charge in [-0.25, -0.2) is 0 Å². The van der Waals surface area contributed by atoms with Gasteiger partial charge in [-0.1, -0.05) is 6.07 Å². The smallest absolute Gasteiger partial charge is 0.0606 e. The summed E-state index contributed by atoms with van der Waals surface area (Å²) in [7, 11) is 0. The van der Waals surface area contributed by atoms with Gasteiger partial charge in [-0.2, -0.15) is 0 Å². The minimum absolute atomic E-state index is 0.812. The van der Waals surface area contributed by atoms with Crippen LogP contribution < -0.4 is 5.32 Å². The van der Waals surface area contributed by atoms with Crippen molar-refractivity contribution in [3.05, 3.63) is 59.5 Å². The number of benzene rings is 1. The van der Waals surface area contributed by atoms with Gasteiger partial charge in [0.25, 0.3) is 0 Å². The number of nitrogens with one attached hydrogen (secondary N) is 2. The van der Waals surface area contributed by atoms with Gasteiger partial charge in [0.05, 0.1) is 11.4 Å². The topological polar surface area (TPSA) is 40.7 Å². The average molecular weight is 251 g/mol. The van der Waals surface area contributed by atoms with Gasteiger partial charge in [-0.15, -0.1) is 0 Å². The Morgan fingerprint density at radius 1 is 1.11 bits per heavy atom. The van der Waals surface area contributed by atoms with Crippen molar-refractivity contribution in [3.63, 3.8) is 0 Å². The largest absolute Gasteiger partial charge is 0.380 e. The number of aromatic amines is 1. The summed E-state index contributed by atoms with van der Waals surface area (Å²) in [5.74, 6) is 0. The molecule has 0 atom stereocenters. The Hall–Kier alpha value is -2.29. The molecular formula is C16H17N3. The van der Waals surface area contributed by atoms with Crippen molar-refractivity contribution in [2.75, 3.05) is 5.32 Å². The van der Waals surface area contributed by atoms with Gasteiger partial charge in [0.15, 0.2) is 0 Å². The molecule has 0 fully saturated rings. The van der Waals surface area contributed by atoms with Crippen LogP contribution in [0, 0.1) is 13.8 Å². The van der Waals surface area contributed by atoms with E-state index < -0.39 is 0 Å². The highest BCUT2D eigenvalue weighted by atomic mass is 14.9. The molecular weight excluding hydrogens is 234 g/mol. The second kappa shape index (κ2) is 4.76. The maximum atomic E-state index is 4.46. The molecule has 3 aromatic rings. The van der Waals surface area contributed by atoms with Gasteiger partial charge in [-0.05, 0) is 55.1 Å². The van der Waals surface area contributed by atoms with E-state index in [-0.39, 0.29) is 0 Å². The van der Waals surface area contributed by atoms with Gasteiger partial charge in [0.2, 0.25) is 0 Å². The van der Waals surface area contributed by atoms with E-state index >= 15 is 0 Å². The Balaban J connectivity index is 1.77. The molecule has 0 unspecified atom stereocenters. The van der Waals surface area contributed by atoms with E-state index in [0.29, 0.717) is 0 Å². The maximum absolute atomic E-state index is 4.46. The number of anilines is 1. The number of aryl methyl sites for hydroxylation is 2. The molecule has 96 valence electrons. The summed E-state index contributed by atoms with van der Waals surface area (Å²) in [6.45, 7) is 4.86. The predicted octanol–water partition coefficient (Wildman–Crippen LogP) is 3.79. The fourth-order valence-corrected chi connectivity index (χ4v) is 2.28. The van der Waals surface area contributed by atoms with Gasteiger partial charge in [0.1, 0.15) is 0 Å². The molecule has 0 saturated heterocycles. The molecule has 0 aliphatic rings. The molecule has 3 rings (SSSR count). The van der Waals surface area contributed by atoms with E-state index in [9.17, 15) is 0 Å². The lowest BCUT2D eigenvalue weighted by Crippen LogP contribution is -2.02. The van der Waals surface area contributed by atoms with E-state index in [1.807, 2.05) is 26.1 Å². The van der Waals surface area contributed by atoms with Crippen LogP contribution in [0.3, 0.4) is 0 Å². The lowest BCUT2D eigenvalue weighted by molar-refractivity contribution is 1.08. The molecule has 2 aromatic heterocycles. The highest BCUT2D eigenvalue weighted by Gasteiger charge is 2.01. The monoisotopic (exact) mass is 251 g/mol. The first-order chi connectivity index (χ1) is 9.22. The second-order valence-electron chi connectivity index (χ2n) is 4.84. The highest BCUT2D eigenvalue weighted by Crippen LogP contribution is 2.17. The summed E-state index contributed by atoms with van der Waals surface area (Å²) in [5, 5.41) is 4.69.